The zero-order valence-corrected chi connectivity index (χ0v) is 8.12. The lowest BCUT2D eigenvalue weighted by Gasteiger charge is -2.08. The van der Waals surface area contributed by atoms with E-state index in [0.717, 1.165) is 17.2 Å². The van der Waals surface area contributed by atoms with Crippen molar-refractivity contribution in [2.24, 2.45) is 0 Å². The van der Waals surface area contributed by atoms with Gasteiger partial charge in [-0.1, -0.05) is 6.07 Å². The van der Waals surface area contributed by atoms with Crippen LogP contribution in [0.15, 0.2) is 12.3 Å². The second kappa shape index (κ2) is 3.11. The highest BCUT2D eigenvalue weighted by atomic mass is 16.3. The first-order chi connectivity index (χ1) is 6.18. The van der Waals surface area contributed by atoms with Crippen molar-refractivity contribution in [1.82, 2.24) is 4.98 Å². The summed E-state index contributed by atoms with van der Waals surface area (Å²) in [6, 6.07) is 2.16. The van der Waals surface area contributed by atoms with E-state index in [2.05, 4.69) is 11.1 Å². The lowest BCUT2D eigenvalue weighted by molar-refractivity contribution is 0.193. The van der Waals surface area contributed by atoms with Crippen molar-refractivity contribution < 1.29 is 5.11 Å². The van der Waals surface area contributed by atoms with Gasteiger partial charge in [0.2, 0.25) is 0 Å². The molecule has 1 aliphatic rings. The average Bonchev–Trinajstić information content (AvgIpc) is 2.85. The molecule has 1 N–H and O–H groups in total. The van der Waals surface area contributed by atoms with Gasteiger partial charge in [0.15, 0.2) is 0 Å². The molecule has 1 fully saturated rings. The Morgan fingerprint density at radius 1 is 1.54 bits per heavy atom. The first-order valence-electron chi connectivity index (χ1n) is 4.83. The van der Waals surface area contributed by atoms with Crippen LogP contribution in [0.25, 0.3) is 0 Å². The molecule has 0 bridgehead atoms. The van der Waals surface area contributed by atoms with Gasteiger partial charge in [0, 0.05) is 6.20 Å². The highest BCUT2D eigenvalue weighted by Gasteiger charge is 2.24. The Morgan fingerprint density at radius 3 is 2.69 bits per heavy atom. The number of pyridine rings is 1. The summed E-state index contributed by atoms with van der Waals surface area (Å²) in [4.78, 5) is 4.29. The molecule has 70 valence electrons. The minimum Gasteiger partial charge on any atom is -0.387 e. The molecule has 1 aromatic rings. The van der Waals surface area contributed by atoms with Gasteiger partial charge in [0.05, 0.1) is 11.8 Å². The average molecular weight is 177 g/mol. The van der Waals surface area contributed by atoms with Crippen LogP contribution in [0.3, 0.4) is 0 Å². The normalized spacial score (nSPS) is 18.7. The molecule has 0 radical (unpaired) electrons. The fraction of sp³-hybridized carbons (Fsp3) is 0.545. The molecule has 1 aliphatic carbocycles. The number of aromatic nitrogens is 1. The summed E-state index contributed by atoms with van der Waals surface area (Å²) in [6.45, 7) is 3.77. The Morgan fingerprint density at radius 2 is 2.23 bits per heavy atom. The van der Waals surface area contributed by atoms with E-state index >= 15 is 0 Å². The van der Waals surface area contributed by atoms with E-state index < -0.39 is 6.10 Å². The molecule has 0 spiro atoms. The molecule has 1 atom stereocenters. The van der Waals surface area contributed by atoms with Crippen LogP contribution >= 0.6 is 0 Å². The molecule has 0 aromatic carbocycles. The Balaban J connectivity index is 2.31. The molecular formula is C11H15NO. The number of aliphatic hydroxyl groups is 1. The van der Waals surface area contributed by atoms with Crippen LogP contribution in [0.5, 0.6) is 0 Å². The van der Waals surface area contributed by atoms with Gasteiger partial charge in [0.1, 0.15) is 0 Å². The molecule has 2 heteroatoms. The summed E-state index contributed by atoms with van der Waals surface area (Å²) < 4.78 is 0. The molecule has 2 nitrogen and oxygen atoms in total. The predicted octanol–water partition coefficient (Wildman–Crippen LogP) is 2.32. The van der Waals surface area contributed by atoms with Crippen LogP contribution < -0.4 is 0 Å². The Hall–Kier alpha value is -0.890. The highest BCUT2D eigenvalue weighted by molar-refractivity contribution is 5.29. The Labute approximate surface area is 78.6 Å². The zero-order chi connectivity index (χ0) is 9.42. The van der Waals surface area contributed by atoms with Gasteiger partial charge in [-0.15, -0.1) is 0 Å². The number of hydrogen-bond donors (Lipinski definition) is 1. The van der Waals surface area contributed by atoms with Crippen LogP contribution in [0.1, 0.15) is 48.6 Å². The quantitative estimate of drug-likeness (QED) is 0.752. The monoisotopic (exact) mass is 177 g/mol. The van der Waals surface area contributed by atoms with Crippen LogP contribution in [0.4, 0.5) is 0 Å². The van der Waals surface area contributed by atoms with Crippen LogP contribution in [-0.4, -0.2) is 10.1 Å². The van der Waals surface area contributed by atoms with Crippen LogP contribution in [0, 0.1) is 6.92 Å². The van der Waals surface area contributed by atoms with E-state index in [0.29, 0.717) is 0 Å². The number of aryl methyl sites for hydroxylation is 1. The predicted molar refractivity (Wildman–Crippen MR) is 51.6 cm³/mol. The SMILES string of the molecule is Cc1cc(C2CC2)cnc1C(C)O. The third kappa shape index (κ3) is 1.73. The molecule has 1 heterocycles. The second-order valence-corrected chi connectivity index (χ2v) is 3.92. The molecule has 2 rings (SSSR count). The largest absolute Gasteiger partial charge is 0.387 e. The third-order valence-electron chi connectivity index (χ3n) is 2.58. The maximum Gasteiger partial charge on any atom is 0.0934 e. The molecule has 0 aliphatic heterocycles. The van der Waals surface area contributed by atoms with Gasteiger partial charge >= 0.3 is 0 Å². The van der Waals surface area contributed by atoms with Gasteiger partial charge < -0.3 is 5.11 Å². The van der Waals surface area contributed by atoms with E-state index in [1.54, 1.807) is 6.92 Å². The molecule has 1 saturated carbocycles. The lowest BCUT2D eigenvalue weighted by atomic mass is 10.1. The molecular weight excluding hydrogens is 162 g/mol. The second-order valence-electron chi connectivity index (χ2n) is 3.92. The van der Waals surface area contributed by atoms with E-state index in [1.807, 2.05) is 13.1 Å². The summed E-state index contributed by atoms with van der Waals surface area (Å²) in [5, 5.41) is 9.39. The Kier molecular flexibility index (Phi) is 2.08. The highest BCUT2D eigenvalue weighted by Crippen LogP contribution is 2.40. The van der Waals surface area contributed by atoms with Crippen molar-refractivity contribution >= 4 is 0 Å². The minimum absolute atomic E-state index is 0.451. The first kappa shape index (κ1) is 8.70. The number of rotatable bonds is 2. The fourth-order valence-corrected chi connectivity index (χ4v) is 1.68. The van der Waals surface area contributed by atoms with E-state index in [9.17, 15) is 5.11 Å². The van der Waals surface area contributed by atoms with Crippen molar-refractivity contribution in [3.63, 3.8) is 0 Å². The molecule has 0 amide bonds. The maximum absolute atomic E-state index is 9.39. The van der Waals surface area contributed by atoms with Gasteiger partial charge in [-0.3, -0.25) is 4.98 Å². The standard InChI is InChI=1S/C11H15NO/c1-7-5-10(9-3-4-9)6-12-11(7)8(2)13/h5-6,8-9,13H,3-4H2,1-2H3. The fourth-order valence-electron chi connectivity index (χ4n) is 1.68. The molecule has 1 unspecified atom stereocenters. The van der Waals surface area contributed by atoms with Gasteiger partial charge in [-0.2, -0.15) is 0 Å². The number of nitrogens with zero attached hydrogens (tertiary/aromatic N) is 1. The number of hydrogen-bond acceptors (Lipinski definition) is 2. The van der Waals surface area contributed by atoms with Crippen molar-refractivity contribution in [1.29, 1.82) is 0 Å². The lowest BCUT2D eigenvalue weighted by Crippen LogP contribution is -1.99. The summed E-state index contributed by atoms with van der Waals surface area (Å²) in [5.74, 6) is 0.745. The molecule has 1 aromatic heterocycles. The summed E-state index contributed by atoms with van der Waals surface area (Å²) in [5.41, 5.74) is 3.26. The van der Waals surface area contributed by atoms with Crippen molar-refractivity contribution in [2.45, 2.75) is 38.7 Å². The zero-order valence-electron chi connectivity index (χ0n) is 8.12. The van der Waals surface area contributed by atoms with Crippen molar-refractivity contribution in [3.05, 3.63) is 29.1 Å². The first-order valence-corrected chi connectivity index (χ1v) is 4.83. The van der Waals surface area contributed by atoms with Gasteiger partial charge in [0.25, 0.3) is 0 Å². The van der Waals surface area contributed by atoms with Gasteiger partial charge in [-0.25, -0.2) is 0 Å². The van der Waals surface area contributed by atoms with Crippen molar-refractivity contribution in [2.75, 3.05) is 0 Å². The molecule has 13 heavy (non-hydrogen) atoms. The molecule has 0 saturated heterocycles. The maximum atomic E-state index is 9.39. The summed E-state index contributed by atoms with van der Waals surface area (Å²) >= 11 is 0. The van der Waals surface area contributed by atoms with E-state index in [-0.39, 0.29) is 0 Å². The summed E-state index contributed by atoms with van der Waals surface area (Å²) in [6.07, 6.45) is 4.06. The minimum atomic E-state index is -0.451. The smallest absolute Gasteiger partial charge is 0.0934 e. The van der Waals surface area contributed by atoms with Crippen LogP contribution in [-0.2, 0) is 0 Å². The van der Waals surface area contributed by atoms with E-state index in [1.165, 1.54) is 18.4 Å². The van der Waals surface area contributed by atoms with Crippen molar-refractivity contribution in [3.8, 4) is 0 Å². The Bertz CT molecular complexity index is 316. The number of aliphatic hydroxyl groups excluding tert-OH is 1. The van der Waals surface area contributed by atoms with E-state index in [4.69, 9.17) is 0 Å². The van der Waals surface area contributed by atoms with Crippen LogP contribution in [0.2, 0.25) is 0 Å². The summed E-state index contributed by atoms with van der Waals surface area (Å²) in [7, 11) is 0. The third-order valence-corrected chi connectivity index (χ3v) is 2.58. The van der Waals surface area contributed by atoms with Gasteiger partial charge in [-0.05, 0) is 43.7 Å². The topological polar surface area (TPSA) is 33.1 Å².